The van der Waals surface area contributed by atoms with Crippen molar-refractivity contribution in [1.82, 2.24) is 15.1 Å². The molecule has 1 aliphatic rings. The van der Waals surface area contributed by atoms with Crippen molar-refractivity contribution in [3.8, 4) is 0 Å². The summed E-state index contributed by atoms with van der Waals surface area (Å²) in [4.78, 5) is 26.7. The lowest BCUT2D eigenvalue weighted by Crippen LogP contribution is -2.36. The number of carbonyl (C=O) groups is 2. The second-order valence-corrected chi connectivity index (χ2v) is 6.97. The summed E-state index contributed by atoms with van der Waals surface area (Å²) >= 11 is 0. The number of aryl methyl sites for hydroxylation is 1. The Morgan fingerprint density at radius 2 is 2.08 bits per heavy atom. The van der Waals surface area contributed by atoms with E-state index in [2.05, 4.69) is 10.2 Å². The molecule has 1 aromatic carbocycles. The van der Waals surface area contributed by atoms with E-state index < -0.39 is 11.4 Å². The number of ether oxygens (including phenoxy) is 1. The van der Waals surface area contributed by atoms with Gasteiger partial charge >= 0.3 is 5.97 Å². The predicted molar refractivity (Wildman–Crippen MR) is 93.8 cm³/mol. The molecule has 26 heavy (non-hydrogen) atoms. The highest BCUT2D eigenvalue weighted by molar-refractivity contribution is 6.17. The van der Waals surface area contributed by atoms with Crippen LogP contribution in [0.3, 0.4) is 0 Å². The van der Waals surface area contributed by atoms with Gasteiger partial charge in [-0.2, -0.15) is 5.10 Å². The Bertz CT molecular complexity index is 915. The number of aromatic amines is 1. The highest BCUT2D eigenvalue weighted by Crippen LogP contribution is 2.34. The molecule has 7 heteroatoms. The highest BCUT2D eigenvalue weighted by atomic mass is 19.1. The number of fused-ring (bicyclic) bond motifs is 1. The molecule has 2 aromatic rings. The summed E-state index contributed by atoms with van der Waals surface area (Å²) in [5, 5.41) is 6.87. The van der Waals surface area contributed by atoms with Gasteiger partial charge in [0.15, 0.2) is 0 Å². The van der Waals surface area contributed by atoms with Crippen LogP contribution in [-0.4, -0.2) is 40.6 Å². The number of H-pyrrole nitrogens is 1. The van der Waals surface area contributed by atoms with E-state index in [-0.39, 0.29) is 17.3 Å². The van der Waals surface area contributed by atoms with Gasteiger partial charge in [0, 0.05) is 29.3 Å². The summed E-state index contributed by atoms with van der Waals surface area (Å²) in [6, 6.07) is 4.21. The Balaban J connectivity index is 2.09. The van der Waals surface area contributed by atoms with Crippen LogP contribution in [0.5, 0.6) is 0 Å². The molecule has 136 valence electrons. The van der Waals surface area contributed by atoms with Crippen molar-refractivity contribution in [1.29, 1.82) is 0 Å². The minimum Gasteiger partial charge on any atom is -0.465 e. The largest absolute Gasteiger partial charge is 0.465 e. The van der Waals surface area contributed by atoms with E-state index in [1.165, 1.54) is 36.4 Å². The SMILES string of the molecule is COC(=O)C1=CN(C(=O)c2ccc(F)c(C)c2)CC(C)(C)c2cn[nH]c21. The van der Waals surface area contributed by atoms with E-state index in [0.29, 0.717) is 23.4 Å². The monoisotopic (exact) mass is 357 g/mol. The number of rotatable bonds is 2. The van der Waals surface area contributed by atoms with Crippen molar-refractivity contribution in [2.75, 3.05) is 13.7 Å². The molecule has 0 fully saturated rings. The lowest BCUT2D eigenvalue weighted by molar-refractivity contribution is -0.133. The molecule has 0 unspecified atom stereocenters. The van der Waals surface area contributed by atoms with E-state index in [4.69, 9.17) is 4.74 Å². The summed E-state index contributed by atoms with van der Waals surface area (Å²) in [5.41, 5.74) is 1.85. The summed E-state index contributed by atoms with van der Waals surface area (Å²) < 4.78 is 18.4. The number of nitrogens with zero attached hydrogens (tertiary/aromatic N) is 2. The van der Waals surface area contributed by atoms with Gasteiger partial charge in [-0.25, -0.2) is 9.18 Å². The van der Waals surface area contributed by atoms with Gasteiger partial charge in [0.25, 0.3) is 5.91 Å². The summed E-state index contributed by atoms with van der Waals surface area (Å²) in [6.45, 7) is 5.86. The summed E-state index contributed by atoms with van der Waals surface area (Å²) in [5.74, 6) is -1.26. The number of carbonyl (C=O) groups excluding carboxylic acids is 2. The maximum absolute atomic E-state index is 13.5. The number of hydrogen-bond acceptors (Lipinski definition) is 4. The Labute approximate surface area is 150 Å². The van der Waals surface area contributed by atoms with E-state index >= 15 is 0 Å². The molecule has 3 rings (SSSR count). The maximum Gasteiger partial charge on any atom is 0.341 e. The first kappa shape index (κ1) is 17.8. The van der Waals surface area contributed by atoms with Gasteiger partial charge in [-0.15, -0.1) is 0 Å². The maximum atomic E-state index is 13.5. The zero-order chi connectivity index (χ0) is 19.1. The van der Waals surface area contributed by atoms with Crippen LogP contribution in [0.1, 0.15) is 41.0 Å². The molecule has 1 aromatic heterocycles. The molecule has 1 N–H and O–H groups in total. The number of halogens is 1. The molecule has 0 spiro atoms. The lowest BCUT2D eigenvalue weighted by atomic mass is 9.84. The lowest BCUT2D eigenvalue weighted by Gasteiger charge is -2.28. The molecular weight excluding hydrogens is 337 g/mol. The second-order valence-electron chi connectivity index (χ2n) is 6.97. The van der Waals surface area contributed by atoms with E-state index in [1.807, 2.05) is 13.8 Å². The molecule has 0 saturated heterocycles. The average Bonchev–Trinajstić information content (AvgIpc) is 3.06. The van der Waals surface area contributed by atoms with Crippen LogP contribution in [0.2, 0.25) is 0 Å². The Kier molecular flexibility index (Phi) is 4.39. The van der Waals surface area contributed by atoms with Crippen LogP contribution in [0.25, 0.3) is 5.57 Å². The third kappa shape index (κ3) is 3.00. The molecule has 2 heterocycles. The third-order valence-electron chi connectivity index (χ3n) is 4.56. The van der Waals surface area contributed by atoms with Gasteiger partial charge in [-0.05, 0) is 30.7 Å². The Morgan fingerprint density at radius 1 is 1.35 bits per heavy atom. The average molecular weight is 357 g/mol. The van der Waals surface area contributed by atoms with E-state index in [1.54, 1.807) is 13.1 Å². The van der Waals surface area contributed by atoms with Gasteiger partial charge in [-0.1, -0.05) is 13.8 Å². The Hall–Kier alpha value is -2.96. The Morgan fingerprint density at radius 3 is 2.73 bits per heavy atom. The normalized spacial score (nSPS) is 15.7. The predicted octanol–water partition coefficient (Wildman–Crippen LogP) is 2.80. The van der Waals surface area contributed by atoms with Crippen LogP contribution in [0, 0.1) is 12.7 Å². The first-order valence-corrected chi connectivity index (χ1v) is 8.16. The number of methoxy groups -OCH3 is 1. The first-order chi connectivity index (χ1) is 12.2. The van der Waals surface area contributed by atoms with Crippen molar-refractivity contribution < 1.29 is 18.7 Å². The summed E-state index contributed by atoms with van der Waals surface area (Å²) in [6.07, 6.45) is 3.13. The molecule has 0 bridgehead atoms. The van der Waals surface area contributed by atoms with Gasteiger partial charge < -0.3 is 9.64 Å². The van der Waals surface area contributed by atoms with Crippen molar-refractivity contribution in [2.45, 2.75) is 26.2 Å². The van der Waals surface area contributed by atoms with Crippen molar-refractivity contribution in [3.05, 3.63) is 58.8 Å². The minimum atomic E-state index is -0.568. The van der Waals surface area contributed by atoms with Gasteiger partial charge in [0.1, 0.15) is 11.4 Å². The highest BCUT2D eigenvalue weighted by Gasteiger charge is 2.36. The van der Waals surface area contributed by atoms with Crippen molar-refractivity contribution >= 4 is 17.4 Å². The smallest absolute Gasteiger partial charge is 0.341 e. The quantitative estimate of drug-likeness (QED) is 0.839. The molecule has 1 aliphatic heterocycles. The molecule has 6 nitrogen and oxygen atoms in total. The summed E-state index contributed by atoms with van der Waals surface area (Å²) in [7, 11) is 1.28. The standard InChI is InChI=1S/C19H20FN3O3/c1-11-7-12(5-6-15(11)20)17(24)23-9-13(18(25)26-4)16-14(8-21-22-16)19(2,3)10-23/h5-9H,10H2,1-4H3,(H,21,22). The van der Waals surface area contributed by atoms with Crippen LogP contribution in [0.4, 0.5) is 4.39 Å². The van der Waals surface area contributed by atoms with Gasteiger partial charge in [-0.3, -0.25) is 9.89 Å². The molecule has 0 saturated carbocycles. The van der Waals surface area contributed by atoms with Gasteiger partial charge in [0.05, 0.1) is 19.0 Å². The van der Waals surface area contributed by atoms with Gasteiger partial charge in [0.2, 0.25) is 0 Å². The first-order valence-electron chi connectivity index (χ1n) is 8.16. The minimum absolute atomic E-state index is 0.220. The number of benzene rings is 1. The number of aromatic nitrogens is 2. The molecule has 0 atom stereocenters. The van der Waals surface area contributed by atoms with E-state index in [9.17, 15) is 14.0 Å². The van der Waals surface area contributed by atoms with Crippen LogP contribution < -0.4 is 0 Å². The molecular formula is C19H20FN3O3. The molecule has 0 radical (unpaired) electrons. The number of hydrogen-bond donors (Lipinski definition) is 1. The second kappa shape index (κ2) is 6.40. The molecule has 0 aliphatic carbocycles. The third-order valence-corrected chi connectivity index (χ3v) is 4.56. The topological polar surface area (TPSA) is 75.3 Å². The number of esters is 1. The van der Waals surface area contributed by atoms with Crippen molar-refractivity contribution in [2.24, 2.45) is 0 Å². The van der Waals surface area contributed by atoms with Crippen LogP contribution >= 0.6 is 0 Å². The van der Waals surface area contributed by atoms with Crippen LogP contribution in [0.15, 0.2) is 30.6 Å². The zero-order valence-electron chi connectivity index (χ0n) is 15.1. The number of nitrogens with one attached hydrogen (secondary N) is 1. The van der Waals surface area contributed by atoms with Crippen LogP contribution in [-0.2, 0) is 14.9 Å². The fourth-order valence-electron chi connectivity index (χ4n) is 3.12. The van der Waals surface area contributed by atoms with Crippen molar-refractivity contribution in [3.63, 3.8) is 0 Å². The number of amides is 1. The molecule has 1 amide bonds. The van der Waals surface area contributed by atoms with E-state index in [0.717, 1.165) is 5.56 Å². The zero-order valence-corrected chi connectivity index (χ0v) is 15.1. The fourth-order valence-corrected chi connectivity index (χ4v) is 3.12. The fraction of sp³-hybridized carbons (Fsp3) is 0.316.